The average molecular weight is 289 g/mol. The number of carboxylic acids is 1. The van der Waals surface area contributed by atoms with Gasteiger partial charge in [-0.25, -0.2) is 9.78 Å². The predicted molar refractivity (Wildman–Crippen MR) is 73.0 cm³/mol. The number of carboxylic acid groups (broad SMARTS) is 1. The molecule has 0 amide bonds. The molecule has 0 aliphatic heterocycles. The smallest absolute Gasteiger partial charge is 0.357 e. The lowest BCUT2D eigenvalue weighted by molar-refractivity contribution is 0.0690. The largest absolute Gasteiger partial charge is 0.476 e. The number of carbonyl (C=O) groups is 1. The Balaban J connectivity index is 1.91. The Labute approximate surface area is 118 Å². The highest BCUT2D eigenvalue weighted by Crippen LogP contribution is 2.19. The average Bonchev–Trinajstić information content (AvgIpc) is 2.87. The van der Waals surface area contributed by atoms with Crippen LogP contribution in [0.3, 0.4) is 0 Å². The molecule has 2 aromatic heterocycles. The molecule has 0 spiro atoms. The van der Waals surface area contributed by atoms with Crippen LogP contribution < -0.4 is 0 Å². The number of halogens is 1. The van der Waals surface area contributed by atoms with Gasteiger partial charge in [0.05, 0.1) is 10.5 Å². The van der Waals surface area contributed by atoms with E-state index in [-0.39, 0.29) is 5.69 Å². The van der Waals surface area contributed by atoms with Gasteiger partial charge in [0.2, 0.25) is 0 Å². The zero-order valence-corrected chi connectivity index (χ0v) is 11.0. The Morgan fingerprint density at radius 3 is 2.95 bits per heavy atom. The van der Waals surface area contributed by atoms with E-state index in [1.54, 1.807) is 6.20 Å². The Kier molecular flexibility index (Phi) is 3.12. The van der Waals surface area contributed by atoms with Gasteiger partial charge in [-0.1, -0.05) is 17.7 Å². The number of rotatable bonds is 3. The van der Waals surface area contributed by atoms with Crippen molar-refractivity contribution in [3.8, 4) is 0 Å². The molecule has 0 saturated carbocycles. The molecule has 100 valence electrons. The third kappa shape index (κ3) is 2.48. The third-order valence-corrected chi connectivity index (χ3v) is 3.05. The second kappa shape index (κ2) is 4.94. The molecule has 1 aromatic carbocycles. The molecule has 0 saturated heterocycles. The van der Waals surface area contributed by atoms with E-state index >= 15 is 0 Å². The summed E-state index contributed by atoms with van der Waals surface area (Å²) >= 11 is 5.91. The molecule has 0 aliphatic rings. The summed E-state index contributed by atoms with van der Waals surface area (Å²) in [4.78, 5) is 18.8. The van der Waals surface area contributed by atoms with Crippen LogP contribution in [-0.4, -0.2) is 21.0 Å². The van der Waals surface area contributed by atoms with Crippen LogP contribution >= 0.6 is 11.6 Å². The first-order chi connectivity index (χ1) is 9.61. The van der Waals surface area contributed by atoms with Crippen LogP contribution in [0, 0.1) is 0 Å². The second-order valence-corrected chi connectivity index (χ2v) is 4.73. The Morgan fingerprint density at radius 1 is 1.35 bits per heavy atom. The molecule has 2 heterocycles. The fourth-order valence-electron chi connectivity index (χ4n) is 1.93. The van der Waals surface area contributed by atoms with Crippen LogP contribution in [0.4, 0.5) is 0 Å². The monoisotopic (exact) mass is 288 g/mol. The minimum atomic E-state index is -1.10. The molecule has 1 N–H and O–H groups in total. The molecule has 5 nitrogen and oxygen atoms in total. The van der Waals surface area contributed by atoms with Gasteiger partial charge >= 0.3 is 5.97 Å². The number of aromatic carboxylic acids is 1. The van der Waals surface area contributed by atoms with E-state index in [1.165, 1.54) is 0 Å². The summed E-state index contributed by atoms with van der Waals surface area (Å²) in [6, 6.07) is 7.53. The second-order valence-electron chi connectivity index (χ2n) is 4.29. The maximum absolute atomic E-state index is 10.7. The molecule has 0 radical (unpaired) electrons. The number of hydrogen-bond donors (Lipinski definition) is 1. The van der Waals surface area contributed by atoms with E-state index in [9.17, 15) is 4.79 Å². The van der Waals surface area contributed by atoms with E-state index in [1.807, 2.05) is 24.3 Å². The van der Waals surface area contributed by atoms with Crippen LogP contribution in [0.1, 0.15) is 21.9 Å². The van der Waals surface area contributed by atoms with Crippen molar-refractivity contribution < 1.29 is 14.3 Å². The first-order valence-corrected chi connectivity index (χ1v) is 6.21. The number of nitrogens with zero attached hydrogens (tertiary/aromatic N) is 2. The van der Waals surface area contributed by atoms with E-state index in [0.29, 0.717) is 17.3 Å². The van der Waals surface area contributed by atoms with Gasteiger partial charge in [0, 0.05) is 18.0 Å². The van der Waals surface area contributed by atoms with Crippen molar-refractivity contribution >= 4 is 28.5 Å². The summed E-state index contributed by atoms with van der Waals surface area (Å²) in [6.45, 7) is 0. The summed E-state index contributed by atoms with van der Waals surface area (Å²) in [5, 5.41) is 10.3. The van der Waals surface area contributed by atoms with E-state index < -0.39 is 5.97 Å². The lowest BCUT2D eigenvalue weighted by Gasteiger charge is -2.01. The summed E-state index contributed by atoms with van der Waals surface area (Å²) < 4.78 is 5.13. The Bertz CT molecular complexity index is 798. The molecule has 20 heavy (non-hydrogen) atoms. The summed E-state index contributed by atoms with van der Waals surface area (Å²) in [5.74, 6) is -0.744. The minimum Gasteiger partial charge on any atom is -0.476 e. The van der Waals surface area contributed by atoms with Crippen LogP contribution in [-0.2, 0) is 6.42 Å². The highest BCUT2D eigenvalue weighted by molar-refractivity contribution is 6.31. The van der Waals surface area contributed by atoms with Crippen molar-refractivity contribution in [1.82, 2.24) is 9.97 Å². The van der Waals surface area contributed by atoms with Crippen molar-refractivity contribution in [3.63, 3.8) is 0 Å². The van der Waals surface area contributed by atoms with Gasteiger partial charge in [0.15, 0.2) is 11.6 Å². The van der Waals surface area contributed by atoms with Gasteiger partial charge in [-0.15, -0.1) is 0 Å². The van der Waals surface area contributed by atoms with Crippen LogP contribution in [0.15, 0.2) is 41.1 Å². The Hall–Kier alpha value is -2.40. The zero-order valence-electron chi connectivity index (χ0n) is 10.2. The predicted octanol–water partition coefficient (Wildman–Crippen LogP) is 3.17. The van der Waals surface area contributed by atoms with Gasteiger partial charge in [-0.05, 0) is 23.8 Å². The summed E-state index contributed by atoms with van der Waals surface area (Å²) in [5.41, 5.74) is 1.70. The van der Waals surface area contributed by atoms with Crippen molar-refractivity contribution in [2.24, 2.45) is 0 Å². The molecule has 0 aliphatic carbocycles. The lowest BCUT2D eigenvalue weighted by Crippen LogP contribution is -1.97. The quantitative estimate of drug-likeness (QED) is 0.801. The first-order valence-electron chi connectivity index (χ1n) is 5.84. The van der Waals surface area contributed by atoms with E-state index in [0.717, 1.165) is 22.7 Å². The molecule has 0 fully saturated rings. The van der Waals surface area contributed by atoms with Gasteiger partial charge < -0.3 is 9.52 Å². The van der Waals surface area contributed by atoms with Gasteiger partial charge in [-0.2, -0.15) is 0 Å². The van der Waals surface area contributed by atoms with Crippen molar-refractivity contribution in [2.45, 2.75) is 6.42 Å². The fraction of sp³-hybridized carbons (Fsp3) is 0.0714. The minimum absolute atomic E-state index is 0.0921. The lowest BCUT2D eigenvalue weighted by atomic mass is 10.1. The van der Waals surface area contributed by atoms with Gasteiger partial charge in [0.1, 0.15) is 6.26 Å². The number of benzene rings is 1. The molecular weight excluding hydrogens is 280 g/mol. The van der Waals surface area contributed by atoms with E-state index in [4.69, 9.17) is 21.1 Å². The standard InChI is InChI=1S/C14H9ClN2O3/c15-10-5-9-3-8(1-2-11(9)16-6-10)4-13-17-12(7-20-13)14(18)19/h1-3,5-7H,4H2,(H,18,19). The number of pyridine rings is 1. The molecular formula is C14H9ClN2O3. The zero-order chi connectivity index (χ0) is 14.1. The van der Waals surface area contributed by atoms with Gasteiger partial charge in [0.25, 0.3) is 0 Å². The van der Waals surface area contributed by atoms with Crippen molar-refractivity contribution in [2.75, 3.05) is 0 Å². The summed E-state index contributed by atoms with van der Waals surface area (Å²) in [6.07, 6.45) is 3.14. The van der Waals surface area contributed by atoms with E-state index in [2.05, 4.69) is 9.97 Å². The molecule has 6 heteroatoms. The summed E-state index contributed by atoms with van der Waals surface area (Å²) in [7, 11) is 0. The number of fused-ring (bicyclic) bond motifs is 1. The highest BCUT2D eigenvalue weighted by atomic mass is 35.5. The first kappa shape index (κ1) is 12.6. The molecule has 0 atom stereocenters. The Morgan fingerprint density at radius 2 is 2.20 bits per heavy atom. The topological polar surface area (TPSA) is 76.2 Å². The normalized spacial score (nSPS) is 10.8. The van der Waals surface area contributed by atoms with Gasteiger partial charge in [-0.3, -0.25) is 4.98 Å². The molecule has 0 bridgehead atoms. The maximum Gasteiger partial charge on any atom is 0.357 e. The highest BCUT2D eigenvalue weighted by Gasteiger charge is 2.11. The molecule has 3 aromatic rings. The fourth-order valence-corrected chi connectivity index (χ4v) is 2.10. The van der Waals surface area contributed by atoms with Crippen LogP contribution in [0.5, 0.6) is 0 Å². The maximum atomic E-state index is 10.7. The number of hydrogen-bond acceptors (Lipinski definition) is 4. The van der Waals surface area contributed by atoms with Crippen molar-refractivity contribution in [1.29, 1.82) is 0 Å². The van der Waals surface area contributed by atoms with Crippen molar-refractivity contribution in [3.05, 3.63) is 58.9 Å². The third-order valence-electron chi connectivity index (χ3n) is 2.84. The van der Waals surface area contributed by atoms with Crippen LogP contribution in [0.25, 0.3) is 10.9 Å². The molecule has 0 unspecified atom stereocenters. The number of aromatic nitrogens is 2. The molecule has 3 rings (SSSR count). The number of oxazole rings is 1. The van der Waals surface area contributed by atoms with Crippen LogP contribution in [0.2, 0.25) is 5.02 Å². The SMILES string of the molecule is O=C(O)c1coc(Cc2ccc3ncc(Cl)cc3c2)n1.